The molecule has 1 saturated heterocycles. The number of rotatable bonds is 5. The molecule has 0 aromatic carbocycles. The first-order chi connectivity index (χ1) is 14.7. The number of ether oxygens (including phenoxy) is 5. The molecular weight excluding hydrogens is 439 g/mol. The van der Waals surface area contributed by atoms with Crippen LogP contribution in [0.25, 0.3) is 0 Å². The summed E-state index contributed by atoms with van der Waals surface area (Å²) in [4.78, 5) is 49.3. The normalized spacial score (nSPS) is 26.2. The molecule has 1 aliphatic heterocycles. The molecule has 0 saturated carbocycles. The second kappa shape index (κ2) is 10.4. The van der Waals surface area contributed by atoms with Crippen molar-refractivity contribution < 1.29 is 47.3 Å². The van der Waals surface area contributed by atoms with Gasteiger partial charge in [0.1, 0.15) is 12.7 Å². The van der Waals surface area contributed by atoms with Crippen LogP contribution in [0.5, 0.6) is 0 Å². The van der Waals surface area contributed by atoms with Gasteiger partial charge in [0.05, 0.1) is 16.2 Å². The van der Waals surface area contributed by atoms with Gasteiger partial charge in [0, 0.05) is 6.92 Å². The lowest BCUT2D eigenvalue weighted by molar-refractivity contribution is -0.282. The van der Waals surface area contributed by atoms with Gasteiger partial charge in [-0.15, -0.1) is 0 Å². The van der Waals surface area contributed by atoms with Gasteiger partial charge in [0.25, 0.3) is 0 Å². The Bertz CT molecular complexity index is 743. The smallest absolute Gasteiger partial charge is 0.311 e. The highest BCUT2D eigenvalue weighted by atomic mass is 19.1. The zero-order valence-electron chi connectivity index (χ0n) is 21.1. The number of esters is 4. The summed E-state index contributed by atoms with van der Waals surface area (Å²) >= 11 is 0. The molecule has 9 nitrogen and oxygen atoms in total. The van der Waals surface area contributed by atoms with Crippen LogP contribution in [0.4, 0.5) is 4.39 Å². The fourth-order valence-corrected chi connectivity index (χ4v) is 2.50. The van der Waals surface area contributed by atoms with Crippen molar-refractivity contribution in [1.29, 1.82) is 0 Å². The summed E-state index contributed by atoms with van der Waals surface area (Å²) in [7, 11) is 0. The Balaban J connectivity index is 3.46. The van der Waals surface area contributed by atoms with Crippen LogP contribution in [-0.2, 0) is 42.9 Å². The van der Waals surface area contributed by atoms with E-state index < -0.39 is 77.5 Å². The van der Waals surface area contributed by atoms with Crippen LogP contribution in [0.15, 0.2) is 0 Å². The van der Waals surface area contributed by atoms with E-state index in [0.29, 0.717) is 0 Å². The molecule has 0 bridgehead atoms. The third kappa shape index (κ3) is 8.24. The minimum absolute atomic E-state index is 0.471. The zero-order valence-corrected chi connectivity index (χ0v) is 21.1. The maximum atomic E-state index is 15.1. The standard InChI is InChI=1S/C23H37FO9/c1-12(25)29-11-13-14(31-18(26)21(2,3)4)15(32-19(27)22(5,6)7)16(17(24)30-13)33-20(28)23(8,9)10/h13-17H,11H2,1-10H3/t13-,14+,15+,16-,17+/m1/s1. The summed E-state index contributed by atoms with van der Waals surface area (Å²) in [5.74, 6) is -2.87. The summed E-state index contributed by atoms with van der Waals surface area (Å²) in [6, 6.07) is 0. The van der Waals surface area contributed by atoms with E-state index in [2.05, 4.69) is 0 Å². The molecule has 0 amide bonds. The van der Waals surface area contributed by atoms with Crippen molar-refractivity contribution in [3.05, 3.63) is 0 Å². The van der Waals surface area contributed by atoms with E-state index in [9.17, 15) is 19.2 Å². The topological polar surface area (TPSA) is 114 Å². The summed E-state index contributed by atoms with van der Waals surface area (Å²) < 4.78 is 41.9. The third-order valence-corrected chi connectivity index (χ3v) is 4.59. The second-order valence-electron chi connectivity index (χ2n) is 11.2. The van der Waals surface area contributed by atoms with Crippen molar-refractivity contribution in [3.63, 3.8) is 0 Å². The molecule has 1 rings (SSSR count). The van der Waals surface area contributed by atoms with Crippen molar-refractivity contribution >= 4 is 23.9 Å². The lowest BCUT2D eigenvalue weighted by atomic mass is 9.93. The van der Waals surface area contributed by atoms with Crippen LogP contribution in [0.2, 0.25) is 0 Å². The predicted octanol–water partition coefficient (Wildman–Crippen LogP) is 3.12. The minimum atomic E-state index is -2.24. The fourth-order valence-electron chi connectivity index (χ4n) is 2.50. The lowest BCUT2D eigenvalue weighted by Gasteiger charge is -2.43. The number of carbonyl (C=O) groups is 4. The van der Waals surface area contributed by atoms with Gasteiger partial charge in [-0.3, -0.25) is 19.2 Å². The number of halogens is 1. The van der Waals surface area contributed by atoms with Gasteiger partial charge in [-0.1, -0.05) is 0 Å². The molecule has 0 radical (unpaired) electrons. The summed E-state index contributed by atoms with van der Waals surface area (Å²) in [6.07, 6.45) is -8.21. The van der Waals surface area contributed by atoms with Crippen molar-refractivity contribution in [2.45, 2.75) is 100 Å². The Hall–Kier alpha value is -2.23. The number of carbonyl (C=O) groups excluding carboxylic acids is 4. The molecule has 0 aromatic rings. The van der Waals surface area contributed by atoms with Crippen LogP contribution >= 0.6 is 0 Å². The number of hydrogen-bond donors (Lipinski definition) is 0. The molecule has 0 unspecified atom stereocenters. The first-order valence-corrected chi connectivity index (χ1v) is 10.8. The quantitative estimate of drug-likeness (QED) is 0.436. The second-order valence-corrected chi connectivity index (χ2v) is 11.2. The van der Waals surface area contributed by atoms with Gasteiger partial charge in [-0.2, -0.15) is 0 Å². The van der Waals surface area contributed by atoms with Gasteiger partial charge >= 0.3 is 23.9 Å². The van der Waals surface area contributed by atoms with Crippen molar-refractivity contribution in [1.82, 2.24) is 0 Å². The van der Waals surface area contributed by atoms with E-state index in [1.807, 2.05) is 0 Å². The monoisotopic (exact) mass is 476 g/mol. The maximum Gasteiger partial charge on any atom is 0.311 e. The first kappa shape index (κ1) is 28.8. The highest BCUT2D eigenvalue weighted by molar-refractivity contribution is 5.77. The molecule has 0 aromatic heterocycles. The predicted molar refractivity (Wildman–Crippen MR) is 114 cm³/mol. The Morgan fingerprint density at radius 2 is 1.06 bits per heavy atom. The lowest BCUT2D eigenvalue weighted by Crippen LogP contribution is -2.62. The van der Waals surface area contributed by atoms with Crippen molar-refractivity contribution in [2.75, 3.05) is 6.61 Å². The number of hydrogen-bond acceptors (Lipinski definition) is 9. The van der Waals surface area contributed by atoms with Crippen molar-refractivity contribution in [2.24, 2.45) is 16.2 Å². The first-order valence-electron chi connectivity index (χ1n) is 10.8. The van der Waals surface area contributed by atoms with Gasteiger partial charge in [-0.25, -0.2) is 4.39 Å². The van der Waals surface area contributed by atoms with E-state index in [1.54, 1.807) is 62.3 Å². The molecular formula is C23H37FO9. The molecule has 0 spiro atoms. The maximum absolute atomic E-state index is 15.1. The Morgan fingerprint density at radius 3 is 1.42 bits per heavy atom. The van der Waals surface area contributed by atoms with Crippen molar-refractivity contribution in [3.8, 4) is 0 Å². The largest absolute Gasteiger partial charge is 0.463 e. The molecule has 0 aliphatic carbocycles. The Kier molecular flexibility index (Phi) is 9.04. The molecule has 1 heterocycles. The van der Waals surface area contributed by atoms with Gasteiger partial charge < -0.3 is 23.7 Å². The van der Waals surface area contributed by atoms with Gasteiger partial charge in [-0.05, 0) is 62.3 Å². The molecule has 10 heteroatoms. The van der Waals surface area contributed by atoms with Crippen LogP contribution in [-0.4, -0.2) is 61.3 Å². The molecule has 1 fully saturated rings. The van der Waals surface area contributed by atoms with E-state index in [-0.39, 0.29) is 0 Å². The van der Waals surface area contributed by atoms with Crippen LogP contribution in [0.3, 0.4) is 0 Å². The van der Waals surface area contributed by atoms with E-state index in [4.69, 9.17) is 23.7 Å². The Labute approximate surface area is 194 Å². The molecule has 5 atom stereocenters. The van der Waals surface area contributed by atoms with Crippen LogP contribution in [0.1, 0.15) is 69.2 Å². The van der Waals surface area contributed by atoms with Gasteiger partial charge in [0.15, 0.2) is 18.3 Å². The average Bonchev–Trinajstić information content (AvgIpc) is 2.62. The average molecular weight is 477 g/mol. The zero-order chi connectivity index (χ0) is 25.9. The summed E-state index contributed by atoms with van der Waals surface area (Å²) in [6.45, 7) is 15.0. The molecule has 1 aliphatic rings. The molecule has 190 valence electrons. The highest BCUT2D eigenvalue weighted by Gasteiger charge is 2.54. The summed E-state index contributed by atoms with van der Waals surface area (Å²) in [5.41, 5.74) is -2.95. The third-order valence-electron chi connectivity index (χ3n) is 4.59. The minimum Gasteiger partial charge on any atom is -0.463 e. The van der Waals surface area contributed by atoms with Gasteiger partial charge in [0.2, 0.25) is 6.36 Å². The number of alkyl halides is 1. The molecule has 33 heavy (non-hydrogen) atoms. The van der Waals surface area contributed by atoms with E-state index >= 15 is 4.39 Å². The molecule has 0 N–H and O–H groups in total. The summed E-state index contributed by atoms with van der Waals surface area (Å²) in [5, 5.41) is 0. The SMILES string of the molecule is CC(=O)OC[C@H]1O[C@H](F)[C@H](OC(=O)C(C)(C)C)[C@@H](OC(=O)C(C)(C)C)[C@H]1OC(=O)C(C)(C)C. The highest BCUT2D eigenvalue weighted by Crippen LogP contribution is 2.34. The van der Waals surface area contributed by atoms with E-state index in [0.717, 1.165) is 6.92 Å². The van der Waals surface area contributed by atoms with Crippen LogP contribution in [0, 0.1) is 16.2 Å². The van der Waals surface area contributed by atoms with Crippen LogP contribution < -0.4 is 0 Å². The Morgan fingerprint density at radius 1 is 0.697 bits per heavy atom. The van der Waals surface area contributed by atoms with E-state index in [1.165, 1.54) is 0 Å². The fraction of sp³-hybridized carbons (Fsp3) is 0.826.